The SMILES string of the molecule is COc1cc(-c2cccc(Cl)c2)ccc1N(C)c1ccnc2ccnn12. The van der Waals surface area contributed by atoms with Gasteiger partial charge in [0.15, 0.2) is 5.65 Å². The van der Waals surface area contributed by atoms with E-state index in [1.807, 2.05) is 60.5 Å². The van der Waals surface area contributed by atoms with E-state index in [-0.39, 0.29) is 0 Å². The number of nitrogens with zero attached hydrogens (tertiary/aromatic N) is 4. The van der Waals surface area contributed by atoms with Crippen LogP contribution in [-0.4, -0.2) is 28.8 Å². The van der Waals surface area contributed by atoms with E-state index in [0.29, 0.717) is 5.02 Å². The highest BCUT2D eigenvalue weighted by Crippen LogP contribution is 2.36. The number of anilines is 2. The van der Waals surface area contributed by atoms with E-state index in [2.05, 4.69) is 16.1 Å². The highest BCUT2D eigenvalue weighted by molar-refractivity contribution is 6.30. The molecular weight excluding hydrogens is 348 g/mol. The highest BCUT2D eigenvalue weighted by Gasteiger charge is 2.14. The summed E-state index contributed by atoms with van der Waals surface area (Å²) in [7, 11) is 3.65. The molecule has 0 fully saturated rings. The van der Waals surface area contributed by atoms with E-state index in [0.717, 1.165) is 34.0 Å². The monoisotopic (exact) mass is 364 g/mol. The molecule has 26 heavy (non-hydrogen) atoms. The predicted octanol–water partition coefficient (Wildman–Crippen LogP) is 4.83. The van der Waals surface area contributed by atoms with Crippen molar-refractivity contribution in [1.82, 2.24) is 14.6 Å². The van der Waals surface area contributed by atoms with Gasteiger partial charge in [-0.2, -0.15) is 9.61 Å². The molecule has 2 heterocycles. The molecule has 0 saturated carbocycles. The number of rotatable bonds is 4. The molecule has 0 aliphatic heterocycles. The van der Waals surface area contributed by atoms with Gasteiger partial charge in [0.25, 0.3) is 0 Å². The molecule has 0 spiro atoms. The van der Waals surface area contributed by atoms with E-state index < -0.39 is 0 Å². The second kappa shape index (κ2) is 6.69. The largest absolute Gasteiger partial charge is 0.495 e. The lowest BCUT2D eigenvalue weighted by Gasteiger charge is -2.22. The predicted molar refractivity (Wildman–Crippen MR) is 104 cm³/mol. The lowest BCUT2D eigenvalue weighted by molar-refractivity contribution is 0.416. The lowest BCUT2D eigenvalue weighted by Crippen LogP contribution is -2.15. The summed E-state index contributed by atoms with van der Waals surface area (Å²) in [6.07, 6.45) is 3.51. The van der Waals surface area contributed by atoms with Crippen molar-refractivity contribution in [2.75, 3.05) is 19.1 Å². The molecule has 5 nitrogen and oxygen atoms in total. The van der Waals surface area contributed by atoms with Crippen LogP contribution in [0.25, 0.3) is 16.8 Å². The second-order valence-electron chi connectivity index (χ2n) is 5.86. The number of hydrogen-bond donors (Lipinski definition) is 0. The van der Waals surface area contributed by atoms with E-state index >= 15 is 0 Å². The van der Waals surface area contributed by atoms with Crippen LogP contribution in [0.2, 0.25) is 5.02 Å². The smallest absolute Gasteiger partial charge is 0.157 e. The molecule has 0 aliphatic rings. The minimum atomic E-state index is 0.709. The number of methoxy groups -OCH3 is 1. The molecule has 0 bridgehead atoms. The molecule has 0 saturated heterocycles. The molecule has 0 unspecified atom stereocenters. The van der Waals surface area contributed by atoms with Crippen LogP contribution < -0.4 is 9.64 Å². The zero-order valence-corrected chi connectivity index (χ0v) is 15.2. The number of hydrogen-bond acceptors (Lipinski definition) is 4. The first-order chi connectivity index (χ1) is 12.7. The maximum Gasteiger partial charge on any atom is 0.157 e. The van der Waals surface area contributed by atoms with Crippen molar-refractivity contribution in [2.45, 2.75) is 0 Å². The van der Waals surface area contributed by atoms with Gasteiger partial charge in [0.05, 0.1) is 19.0 Å². The molecule has 0 amide bonds. The third-order valence-electron chi connectivity index (χ3n) is 4.31. The molecule has 0 radical (unpaired) electrons. The zero-order valence-electron chi connectivity index (χ0n) is 14.4. The fraction of sp³-hybridized carbons (Fsp3) is 0.100. The van der Waals surface area contributed by atoms with Crippen LogP contribution in [0.4, 0.5) is 11.5 Å². The number of halogens is 1. The van der Waals surface area contributed by atoms with Gasteiger partial charge >= 0.3 is 0 Å². The highest BCUT2D eigenvalue weighted by atomic mass is 35.5. The van der Waals surface area contributed by atoms with Crippen molar-refractivity contribution in [1.29, 1.82) is 0 Å². The van der Waals surface area contributed by atoms with Crippen LogP contribution in [0, 0.1) is 0 Å². The fourth-order valence-corrected chi connectivity index (χ4v) is 3.19. The average molecular weight is 365 g/mol. The van der Waals surface area contributed by atoms with Crippen LogP contribution >= 0.6 is 11.6 Å². The summed E-state index contributed by atoms with van der Waals surface area (Å²) >= 11 is 6.12. The minimum Gasteiger partial charge on any atom is -0.495 e. The molecule has 4 rings (SSSR count). The Morgan fingerprint density at radius 2 is 1.85 bits per heavy atom. The number of fused-ring (bicyclic) bond motifs is 1. The first kappa shape index (κ1) is 16.4. The molecule has 0 aliphatic carbocycles. The maximum atomic E-state index is 6.12. The Bertz CT molecular complexity index is 1080. The summed E-state index contributed by atoms with van der Waals surface area (Å²) in [5.74, 6) is 1.66. The summed E-state index contributed by atoms with van der Waals surface area (Å²) < 4.78 is 7.45. The molecular formula is C20H17ClN4O. The fourth-order valence-electron chi connectivity index (χ4n) is 3.00. The van der Waals surface area contributed by atoms with Gasteiger partial charge in [-0.3, -0.25) is 0 Å². The van der Waals surface area contributed by atoms with Crippen LogP contribution in [0.3, 0.4) is 0 Å². The first-order valence-electron chi connectivity index (χ1n) is 8.14. The van der Waals surface area contributed by atoms with Crippen molar-refractivity contribution >= 4 is 28.8 Å². The van der Waals surface area contributed by atoms with E-state index in [1.54, 1.807) is 24.0 Å². The van der Waals surface area contributed by atoms with Crippen molar-refractivity contribution in [3.8, 4) is 16.9 Å². The summed E-state index contributed by atoms with van der Waals surface area (Å²) in [4.78, 5) is 6.34. The molecule has 2 aromatic carbocycles. The molecule has 130 valence electrons. The third-order valence-corrected chi connectivity index (χ3v) is 4.55. The van der Waals surface area contributed by atoms with Crippen molar-refractivity contribution in [3.63, 3.8) is 0 Å². The summed E-state index contributed by atoms with van der Waals surface area (Å²) in [5.41, 5.74) is 3.81. The number of ether oxygens (including phenoxy) is 1. The Morgan fingerprint density at radius 3 is 2.65 bits per heavy atom. The Hall–Kier alpha value is -3.05. The summed E-state index contributed by atoms with van der Waals surface area (Å²) in [6.45, 7) is 0. The van der Waals surface area contributed by atoms with Gasteiger partial charge in [0.1, 0.15) is 11.6 Å². The van der Waals surface area contributed by atoms with E-state index in [1.165, 1.54) is 0 Å². The van der Waals surface area contributed by atoms with E-state index in [9.17, 15) is 0 Å². The van der Waals surface area contributed by atoms with Crippen molar-refractivity contribution < 1.29 is 4.74 Å². The first-order valence-corrected chi connectivity index (χ1v) is 8.51. The van der Waals surface area contributed by atoms with Gasteiger partial charge in [0, 0.05) is 24.3 Å². The van der Waals surface area contributed by atoms with Crippen LogP contribution in [0.1, 0.15) is 0 Å². The summed E-state index contributed by atoms with van der Waals surface area (Å²) in [5, 5.41) is 5.06. The number of aromatic nitrogens is 3. The second-order valence-corrected chi connectivity index (χ2v) is 6.30. The van der Waals surface area contributed by atoms with Gasteiger partial charge in [0.2, 0.25) is 0 Å². The van der Waals surface area contributed by atoms with Gasteiger partial charge < -0.3 is 9.64 Å². The van der Waals surface area contributed by atoms with Gasteiger partial charge in [-0.05, 0) is 41.5 Å². The molecule has 0 atom stereocenters. The van der Waals surface area contributed by atoms with Crippen LogP contribution in [-0.2, 0) is 0 Å². The Labute approximate surface area is 156 Å². The topological polar surface area (TPSA) is 42.7 Å². The van der Waals surface area contributed by atoms with E-state index in [4.69, 9.17) is 16.3 Å². The number of benzene rings is 2. The molecule has 6 heteroatoms. The molecule has 2 aromatic heterocycles. The van der Waals surface area contributed by atoms with Crippen LogP contribution in [0.15, 0.2) is 67.0 Å². The Kier molecular flexibility index (Phi) is 4.22. The Morgan fingerprint density at radius 1 is 1.00 bits per heavy atom. The van der Waals surface area contributed by atoms with Gasteiger partial charge in [-0.25, -0.2) is 4.98 Å². The minimum absolute atomic E-state index is 0.709. The molecule has 0 N–H and O–H groups in total. The normalized spacial score (nSPS) is 10.9. The average Bonchev–Trinajstić information content (AvgIpc) is 3.16. The lowest BCUT2D eigenvalue weighted by atomic mass is 10.0. The van der Waals surface area contributed by atoms with Gasteiger partial charge in [-0.15, -0.1) is 0 Å². The maximum absolute atomic E-state index is 6.12. The summed E-state index contributed by atoms with van der Waals surface area (Å²) in [6, 6.07) is 17.7. The zero-order chi connectivity index (χ0) is 18.1. The van der Waals surface area contributed by atoms with Crippen molar-refractivity contribution in [2.24, 2.45) is 0 Å². The third kappa shape index (κ3) is 2.86. The van der Waals surface area contributed by atoms with Crippen molar-refractivity contribution in [3.05, 3.63) is 72.0 Å². The standard InChI is InChI=1S/C20H17ClN4O/c1-24(20-9-10-22-19-8-11-23-25(19)20)17-7-6-15(13-18(17)26-2)14-4-3-5-16(21)12-14/h3-13H,1-2H3. The molecule has 4 aromatic rings. The van der Waals surface area contributed by atoms with Gasteiger partial charge in [-0.1, -0.05) is 29.8 Å². The quantitative estimate of drug-likeness (QED) is 0.520. The van der Waals surface area contributed by atoms with Crippen LogP contribution in [0.5, 0.6) is 5.75 Å². The Balaban J connectivity index is 1.78.